The Morgan fingerprint density at radius 3 is 2.21 bits per heavy atom. The van der Waals surface area contributed by atoms with Gasteiger partial charge in [0.25, 0.3) is 0 Å². The minimum atomic E-state index is -3.02. The molecule has 0 fully saturated rings. The van der Waals surface area contributed by atoms with E-state index in [4.69, 9.17) is 0 Å². The van der Waals surface area contributed by atoms with Crippen LogP contribution < -0.4 is 0 Å². The molecule has 0 aliphatic carbocycles. The van der Waals surface area contributed by atoms with Crippen molar-refractivity contribution in [3.63, 3.8) is 0 Å². The van der Waals surface area contributed by atoms with Gasteiger partial charge in [-0.15, -0.1) is 0 Å². The van der Waals surface area contributed by atoms with Crippen LogP contribution in [0.1, 0.15) is 18.1 Å². The van der Waals surface area contributed by atoms with E-state index in [1.165, 1.54) is 17.2 Å². The van der Waals surface area contributed by atoms with Crippen molar-refractivity contribution in [3.05, 3.63) is 40.8 Å². The van der Waals surface area contributed by atoms with Gasteiger partial charge in [-0.3, -0.25) is 0 Å². The van der Waals surface area contributed by atoms with E-state index in [1.807, 2.05) is 24.3 Å². The van der Waals surface area contributed by atoms with Crippen molar-refractivity contribution < 1.29 is 8.42 Å². The highest BCUT2D eigenvalue weighted by molar-refractivity contribution is 7.93. The molecular formula is C11H14O2S. The molecule has 0 aliphatic heterocycles. The highest BCUT2D eigenvalue weighted by atomic mass is 32.2. The van der Waals surface area contributed by atoms with Crippen molar-refractivity contribution in [2.45, 2.75) is 13.3 Å². The lowest BCUT2D eigenvalue weighted by Crippen LogP contribution is -1.87. The fourth-order valence-electron chi connectivity index (χ4n) is 1.07. The Bertz CT molecular complexity index is 413. The first-order chi connectivity index (χ1) is 6.51. The van der Waals surface area contributed by atoms with Gasteiger partial charge in [-0.1, -0.05) is 31.2 Å². The predicted octanol–water partition coefficient (Wildman–Crippen LogP) is 2.26. The highest BCUT2D eigenvalue weighted by Crippen LogP contribution is 2.07. The highest BCUT2D eigenvalue weighted by Gasteiger charge is 1.93. The second-order valence-electron chi connectivity index (χ2n) is 3.23. The predicted molar refractivity (Wildman–Crippen MR) is 59.7 cm³/mol. The SMILES string of the molecule is CCc1ccc(/C=C/S(C)(=O)=O)cc1. The standard InChI is InChI=1S/C11H14O2S/c1-3-10-4-6-11(7-5-10)8-9-14(2,12)13/h4-9H,3H2,1-2H3/b9-8+. The van der Waals surface area contributed by atoms with Crippen LogP contribution in [-0.4, -0.2) is 14.7 Å². The van der Waals surface area contributed by atoms with Gasteiger partial charge in [0.1, 0.15) is 0 Å². The number of hydrogen-bond donors (Lipinski definition) is 0. The molecule has 0 aliphatic rings. The maximum Gasteiger partial charge on any atom is 0.168 e. The fourth-order valence-corrected chi connectivity index (χ4v) is 1.47. The van der Waals surface area contributed by atoms with E-state index in [-0.39, 0.29) is 0 Å². The molecule has 3 heteroatoms. The Kier molecular flexibility index (Phi) is 3.47. The van der Waals surface area contributed by atoms with Gasteiger partial charge in [0, 0.05) is 11.7 Å². The summed E-state index contributed by atoms with van der Waals surface area (Å²) in [5.74, 6) is 0. The summed E-state index contributed by atoms with van der Waals surface area (Å²) in [4.78, 5) is 0. The molecule has 1 aromatic rings. The Labute approximate surface area is 85.2 Å². The van der Waals surface area contributed by atoms with Crippen LogP contribution >= 0.6 is 0 Å². The van der Waals surface area contributed by atoms with Crippen molar-refractivity contribution in [1.29, 1.82) is 0 Å². The zero-order valence-corrected chi connectivity index (χ0v) is 9.21. The maximum atomic E-state index is 10.8. The van der Waals surface area contributed by atoms with Crippen molar-refractivity contribution >= 4 is 15.9 Å². The van der Waals surface area contributed by atoms with Crippen molar-refractivity contribution in [1.82, 2.24) is 0 Å². The Morgan fingerprint density at radius 2 is 1.79 bits per heavy atom. The molecule has 2 nitrogen and oxygen atoms in total. The van der Waals surface area contributed by atoms with E-state index in [2.05, 4.69) is 6.92 Å². The van der Waals surface area contributed by atoms with Gasteiger partial charge in [-0.25, -0.2) is 8.42 Å². The van der Waals surface area contributed by atoms with Crippen LogP contribution in [0.25, 0.3) is 6.08 Å². The summed E-state index contributed by atoms with van der Waals surface area (Å²) in [5.41, 5.74) is 2.16. The van der Waals surface area contributed by atoms with Crippen molar-refractivity contribution in [2.75, 3.05) is 6.26 Å². The molecule has 76 valence electrons. The van der Waals surface area contributed by atoms with Gasteiger partial charge in [0.2, 0.25) is 0 Å². The van der Waals surface area contributed by atoms with E-state index in [1.54, 1.807) is 6.08 Å². The first kappa shape index (κ1) is 11.0. The minimum Gasteiger partial charge on any atom is -0.225 e. The molecule has 1 rings (SSSR count). The van der Waals surface area contributed by atoms with Gasteiger partial charge < -0.3 is 0 Å². The molecule has 0 radical (unpaired) electrons. The van der Waals surface area contributed by atoms with Crippen LogP contribution in [0.3, 0.4) is 0 Å². The van der Waals surface area contributed by atoms with E-state index >= 15 is 0 Å². The lowest BCUT2D eigenvalue weighted by Gasteiger charge is -1.96. The van der Waals surface area contributed by atoms with Gasteiger partial charge in [0.05, 0.1) is 0 Å². The van der Waals surface area contributed by atoms with Crippen LogP contribution in [0.15, 0.2) is 29.7 Å². The molecule has 1 aromatic carbocycles. The third kappa shape index (κ3) is 3.75. The second-order valence-corrected chi connectivity index (χ2v) is 5.16. The van der Waals surface area contributed by atoms with E-state index in [0.717, 1.165) is 12.0 Å². The Morgan fingerprint density at radius 1 is 1.21 bits per heavy atom. The first-order valence-corrected chi connectivity index (χ1v) is 6.44. The summed E-state index contributed by atoms with van der Waals surface area (Å²) in [7, 11) is -3.02. The Balaban J connectivity index is 2.84. The van der Waals surface area contributed by atoms with Crippen molar-refractivity contribution in [2.24, 2.45) is 0 Å². The number of benzene rings is 1. The van der Waals surface area contributed by atoms with Crippen LogP contribution in [0.5, 0.6) is 0 Å². The topological polar surface area (TPSA) is 34.1 Å². The fraction of sp³-hybridized carbons (Fsp3) is 0.273. The van der Waals surface area contributed by atoms with Gasteiger partial charge in [-0.2, -0.15) is 0 Å². The lowest BCUT2D eigenvalue weighted by atomic mass is 10.1. The summed E-state index contributed by atoms with van der Waals surface area (Å²) in [6.45, 7) is 2.08. The van der Waals surface area contributed by atoms with Crippen LogP contribution in [0, 0.1) is 0 Å². The van der Waals surface area contributed by atoms with Crippen LogP contribution in [0.2, 0.25) is 0 Å². The number of aryl methyl sites for hydroxylation is 1. The number of hydrogen-bond acceptors (Lipinski definition) is 2. The molecule has 0 amide bonds. The number of sulfone groups is 1. The lowest BCUT2D eigenvalue weighted by molar-refractivity contribution is 0.610. The Hall–Kier alpha value is -1.09. The summed E-state index contributed by atoms with van der Waals surface area (Å²) < 4.78 is 21.7. The van der Waals surface area contributed by atoms with E-state index < -0.39 is 9.84 Å². The molecule has 0 saturated heterocycles. The average molecular weight is 210 g/mol. The molecular weight excluding hydrogens is 196 g/mol. The third-order valence-corrected chi connectivity index (χ3v) is 2.53. The van der Waals surface area contributed by atoms with Crippen molar-refractivity contribution in [3.8, 4) is 0 Å². The average Bonchev–Trinajstić information content (AvgIpc) is 2.14. The summed E-state index contributed by atoms with van der Waals surface area (Å²) in [6.07, 6.45) is 3.79. The molecule has 14 heavy (non-hydrogen) atoms. The first-order valence-electron chi connectivity index (χ1n) is 4.48. The summed E-state index contributed by atoms with van der Waals surface area (Å²) >= 11 is 0. The van der Waals surface area contributed by atoms with Gasteiger partial charge >= 0.3 is 0 Å². The summed E-state index contributed by atoms with van der Waals surface area (Å²) in [6, 6.07) is 7.84. The smallest absolute Gasteiger partial charge is 0.168 e. The monoisotopic (exact) mass is 210 g/mol. The van der Waals surface area contributed by atoms with E-state index in [0.29, 0.717) is 0 Å². The molecule has 0 heterocycles. The minimum absolute atomic E-state index is 0.910. The van der Waals surface area contributed by atoms with Gasteiger partial charge in [0.15, 0.2) is 9.84 Å². The number of rotatable bonds is 3. The summed E-state index contributed by atoms with van der Waals surface area (Å²) in [5, 5.41) is 1.22. The normalized spacial score (nSPS) is 12.1. The molecule has 0 aromatic heterocycles. The zero-order valence-electron chi connectivity index (χ0n) is 8.40. The quantitative estimate of drug-likeness (QED) is 0.767. The maximum absolute atomic E-state index is 10.8. The molecule has 0 atom stereocenters. The zero-order chi connectivity index (χ0) is 10.6. The molecule has 0 saturated carbocycles. The van der Waals surface area contributed by atoms with Crippen LogP contribution in [-0.2, 0) is 16.3 Å². The molecule has 0 spiro atoms. The molecule has 0 N–H and O–H groups in total. The molecule has 0 unspecified atom stereocenters. The van der Waals surface area contributed by atoms with Crippen LogP contribution in [0.4, 0.5) is 0 Å². The van der Waals surface area contributed by atoms with Gasteiger partial charge in [-0.05, 0) is 23.6 Å². The second kappa shape index (κ2) is 4.42. The van der Waals surface area contributed by atoms with E-state index in [9.17, 15) is 8.42 Å². The third-order valence-electron chi connectivity index (χ3n) is 1.90. The molecule has 0 bridgehead atoms. The largest absolute Gasteiger partial charge is 0.225 e.